The number of ether oxygens (including phenoxy) is 1. The molecule has 0 saturated heterocycles. The van der Waals surface area contributed by atoms with Crippen LogP contribution in [0.5, 0.6) is 0 Å². The lowest BCUT2D eigenvalue weighted by Gasteiger charge is -2.25. The van der Waals surface area contributed by atoms with Crippen molar-refractivity contribution < 1.29 is 9.53 Å². The van der Waals surface area contributed by atoms with Gasteiger partial charge < -0.3 is 10.1 Å². The summed E-state index contributed by atoms with van der Waals surface area (Å²) in [5.41, 5.74) is 3.16. The molecule has 0 radical (unpaired) electrons. The van der Waals surface area contributed by atoms with Crippen LogP contribution in [0.1, 0.15) is 24.0 Å². The van der Waals surface area contributed by atoms with E-state index < -0.39 is 6.04 Å². The van der Waals surface area contributed by atoms with E-state index in [4.69, 9.17) is 4.74 Å². The Morgan fingerprint density at radius 2 is 1.67 bits per heavy atom. The quantitative estimate of drug-likeness (QED) is 0.849. The fraction of sp³-hybridized carbons (Fsp3) is 0.278. The van der Waals surface area contributed by atoms with Gasteiger partial charge in [-0.2, -0.15) is 0 Å². The van der Waals surface area contributed by atoms with Gasteiger partial charge in [-0.25, -0.2) is 4.79 Å². The Balaban J connectivity index is 2.27. The van der Waals surface area contributed by atoms with Gasteiger partial charge in [0.05, 0.1) is 7.11 Å². The number of hydrogen-bond acceptors (Lipinski definition) is 3. The third-order valence-corrected chi connectivity index (χ3v) is 3.74. The first-order valence-electron chi connectivity index (χ1n) is 7.08. The van der Waals surface area contributed by atoms with E-state index in [-0.39, 0.29) is 11.9 Å². The standard InChI is InChI=1S/C18H21NO2/c1-13-9-7-8-12-16(13)19-17(18(20)21-3)14(2)15-10-5-4-6-11-15/h4-12,14,17,19H,1-3H3. The zero-order valence-corrected chi connectivity index (χ0v) is 12.7. The van der Waals surface area contributed by atoms with Gasteiger partial charge >= 0.3 is 5.97 Å². The first-order valence-corrected chi connectivity index (χ1v) is 7.08. The number of rotatable bonds is 5. The molecule has 0 aliphatic carbocycles. The summed E-state index contributed by atoms with van der Waals surface area (Å²) in [5.74, 6) is -0.243. The molecule has 0 amide bonds. The molecule has 0 aliphatic rings. The monoisotopic (exact) mass is 283 g/mol. The largest absolute Gasteiger partial charge is 0.467 e. The highest BCUT2D eigenvalue weighted by Crippen LogP contribution is 2.24. The van der Waals surface area contributed by atoms with E-state index in [1.165, 1.54) is 7.11 Å². The van der Waals surface area contributed by atoms with Gasteiger partial charge in [0.2, 0.25) is 0 Å². The van der Waals surface area contributed by atoms with E-state index in [0.717, 1.165) is 16.8 Å². The minimum atomic E-state index is -0.418. The molecule has 0 aliphatic heterocycles. The van der Waals surface area contributed by atoms with Crippen LogP contribution in [0.3, 0.4) is 0 Å². The van der Waals surface area contributed by atoms with Gasteiger partial charge in [0.25, 0.3) is 0 Å². The number of carbonyl (C=O) groups excluding carboxylic acids is 1. The molecule has 0 bridgehead atoms. The van der Waals surface area contributed by atoms with Crippen LogP contribution in [0.4, 0.5) is 5.69 Å². The van der Waals surface area contributed by atoms with Gasteiger partial charge in [-0.3, -0.25) is 0 Å². The van der Waals surface area contributed by atoms with Gasteiger partial charge in [0.15, 0.2) is 0 Å². The van der Waals surface area contributed by atoms with Crippen molar-refractivity contribution in [2.45, 2.75) is 25.8 Å². The first kappa shape index (κ1) is 15.1. The molecule has 3 nitrogen and oxygen atoms in total. The fourth-order valence-corrected chi connectivity index (χ4v) is 2.37. The molecule has 110 valence electrons. The lowest BCUT2D eigenvalue weighted by atomic mass is 9.93. The predicted octanol–water partition coefficient (Wildman–Crippen LogP) is 3.75. The smallest absolute Gasteiger partial charge is 0.328 e. The zero-order chi connectivity index (χ0) is 15.2. The lowest BCUT2D eigenvalue weighted by molar-refractivity contribution is -0.142. The number of para-hydroxylation sites is 1. The van der Waals surface area contributed by atoms with E-state index in [1.807, 2.05) is 68.4 Å². The number of methoxy groups -OCH3 is 1. The topological polar surface area (TPSA) is 38.3 Å². The molecule has 1 N–H and O–H groups in total. The van der Waals surface area contributed by atoms with Gasteiger partial charge in [0, 0.05) is 11.6 Å². The minimum Gasteiger partial charge on any atom is -0.467 e. The van der Waals surface area contributed by atoms with Crippen LogP contribution in [-0.4, -0.2) is 19.1 Å². The molecule has 2 aromatic carbocycles. The molecule has 21 heavy (non-hydrogen) atoms. The number of aryl methyl sites for hydroxylation is 1. The lowest BCUT2D eigenvalue weighted by Crippen LogP contribution is -2.35. The zero-order valence-electron chi connectivity index (χ0n) is 12.7. The summed E-state index contributed by atoms with van der Waals surface area (Å²) in [7, 11) is 1.42. The second-order valence-electron chi connectivity index (χ2n) is 5.16. The Morgan fingerprint density at radius 1 is 1.05 bits per heavy atom. The fourth-order valence-electron chi connectivity index (χ4n) is 2.37. The Morgan fingerprint density at radius 3 is 2.29 bits per heavy atom. The summed E-state index contributed by atoms with van der Waals surface area (Å²) in [6.07, 6.45) is 0. The maximum Gasteiger partial charge on any atom is 0.328 e. The Hall–Kier alpha value is -2.29. The summed E-state index contributed by atoms with van der Waals surface area (Å²) in [4.78, 5) is 12.2. The molecular weight excluding hydrogens is 262 g/mol. The second kappa shape index (κ2) is 6.93. The highest BCUT2D eigenvalue weighted by atomic mass is 16.5. The average Bonchev–Trinajstić information content (AvgIpc) is 2.53. The van der Waals surface area contributed by atoms with E-state index in [0.29, 0.717) is 0 Å². The van der Waals surface area contributed by atoms with Crippen molar-refractivity contribution in [1.29, 1.82) is 0 Å². The van der Waals surface area contributed by atoms with Crippen LogP contribution in [-0.2, 0) is 9.53 Å². The Labute approximate surface area is 126 Å². The van der Waals surface area contributed by atoms with E-state index in [9.17, 15) is 4.79 Å². The van der Waals surface area contributed by atoms with Crippen LogP contribution in [0.25, 0.3) is 0 Å². The van der Waals surface area contributed by atoms with Crippen molar-refractivity contribution in [2.24, 2.45) is 0 Å². The highest BCUT2D eigenvalue weighted by molar-refractivity contribution is 5.81. The Kier molecular flexibility index (Phi) is 4.99. The third kappa shape index (κ3) is 3.63. The molecule has 0 fully saturated rings. The van der Waals surface area contributed by atoms with Gasteiger partial charge in [-0.15, -0.1) is 0 Å². The molecule has 3 heteroatoms. The molecule has 2 unspecified atom stereocenters. The number of esters is 1. The number of carbonyl (C=O) groups is 1. The normalized spacial score (nSPS) is 13.3. The van der Waals surface area contributed by atoms with E-state index in [1.54, 1.807) is 0 Å². The minimum absolute atomic E-state index is 0.0123. The number of anilines is 1. The molecule has 0 heterocycles. The van der Waals surface area contributed by atoms with Crippen LogP contribution in [0.15, 0.2) is 54.6 Å². The van der Waals surface area contributed by atoms with Crippen molar-refractivity contribution >= 4 is 11.7 Å². The number of benzene rings is 2. The maximum atomic E-state index is 12.2. The summed E-state index contributed by atoms with van der Waals surface area (Å²) < 4.78 is 4.97. The van der Waals surface area contributed by atoms with Crippen LogP contribution >= 0.6 is 0 Å². The summed E-state index contributed by atoms with van der Waals surface area (Å²) >= 11 is 0. The molecular formula is C18H21NO2. The van der Waals surface area contributed by atoms with Crippen LogP contribution in [0, 0.1) is 6.92 Å². The van der Waals surface area contributed by atoms with Gasteiger partial charge in [-0.05, 0) is 24.1 Å². The number of nitrogens with one attached hydrogen (secondary N) is 1. The SMILES string of the molecule is COC(=O)C(Nc1ccccc1C)C(C)c1ccccc1. The summed E-state index contributed by atoms with van der Waals surface area (Å²) in [6.45, 7) is 4.05. The predicted molar refractivity (Wildman–Crippen MR) is 85.5 cm³/mol. The van der Waals surface area contributed by atoms with Crippen molar-refractivity contribution in [3.63, 3.8) is 0 Å². The molecule has 2 aromatic rings. The molecule has 0 spiro atoms. The molecule has 0 saturated carbocycles. The molecule has 2 rings (SSSR count). The summed E-state index contributed by atoms with van der Waals surface area (Å²) in [6, 6.07) is 17.5. The average molecular weight is 283 g/mol. The second-order valence-corrected chi connectivity index (χ2v) is 5.16. The maximum absolute atomic E-state index is 12.2. The van der Waals surface area contributed by atoms with Crippen LogP contribution in [0.2, 0.25) is 0 Å². The highest BCUT2D eigenvalue weighted by Gasteiger charge is 2.27. The Bertz CT molecular complexity index is 595. The van der Waals surface area contributed by atoms with Crippen molar-refractivity contribution in [3.05, 3.63) is 65.7 Å². The van der Waals surface area contributed by atoms with Gasteiger partial charge in [-0.1, -0.05) is 55.5 Å². The third-order valence-electron chi connectivity index (χ3n) is 3.74. The van der Waals surface area contributed by atoms with Crippen molar-refractivity contribution in [3.8, 4) is 0 Å². The molecule has 2 atom stereocenters. The van der Waals surface area contributed by atoms with Crippen LogP contribution < -0.4 is 5.32 Å². The first-order chi connectivity index (χ1) is 10.1. The van der Waals surface area contributed by atoms with Crippen molar-refractivity contribution in [2.75, 3.05) is 12.4 Å². The van der Waals surface area contributed by atoms with E-state index in [2.05, 4.69) is 5.32 Å². The number of hydrogen-bond donors (Lipinski definition) is 1. The van der Waals surface area contributed by atoms with Crippen molar-refractivity contribution in [1.82, 2.24) is 0 Å². The molecule has 0 aromatic heterocycles. The summed E-state index contributed by atoms with van der Waals surface area (Å²) in [5, 5.41) is 3.32. The van der Waals surface area contributed by atoms with E-state index >= 15 is 0 Å². The van der Waals surface area contributed by atoms with Gasteiger partial charge in [0.1, 0.15) is 6.04 Å².